The first-order chi connectivity index (χ1) is 23.9. The molecular weight excluding hydrogens is 635 g/mol. The summed E-state index contributed by atoms with van der Waals surface area (Å²) in [6, 6.07) is 35.9. The molecule has 0 unspecified atom stereocenters. The molecule has 0 radical (unpaired) electrons. The quantitative estimate of drug-likeness (QED) is 0.187. The Morgan fingerprint density at radius 3 is 2.41 bits per heavy atom. The predicted octanol–water partition coefficient (Wildman–Crippen LogP) is 6.62. The monoisotopic (exact) mass is 667 g/mol. The summed E-state index contributed by atoms with van der Waals surface area (Å²) in [5.74, 6) is 1.49. The number of aromatic nitrogens is 1. The molecule has 7 rings (SSSR count). The number of rotatable bonds is 9. The lowest BCUT2D eigenvalue weighted by atomic mass is 9.95. The van der Waals surface area contributed by atoms with Crippen molar-refractivity contribution in [2.45, 2.75) is 19.6 Å². The Morgan fingerprint density at radius 2 is 1.63 bits per heavy atom. The number of allylic oxidation sites excluding steroid dienone is 1. The first kappa shape index (κ1) is 31.7. The number of hydrogen-bond donors (Lipinski definition) is 1. The third-order valence-electron chi connectivity index (χ3n) is 8.48. The third-order valence-corrected chi connectivity index (χ3v) is 9.46. The highest BCUT2D eigenvalue weighted by atomic mass is 32.1. The molecule has 0 saturated carbocycles. The van der Waals surface area contributed by atoms with E-state index >= 15 is 0 Å². The molecule has 0 spiro atoms. The number of ether oxygens (including phenoxy) is 3. The van der Waals surface area contributed by atoms with Crippen molar-refractivity contribution in [2.24, 2.45) is 4.99 Å². The Labute approximate surface area is 286 Å². The van der Waals surface area contributed by atoms with Gasteiger partial charge in [0.05, 0.1) is 36.1 Å². The summed E-state index contributed by atoms with van der Waals surface area (Å²) >= 11 is 1.28. The van der Waals surface area contributed by atoms with E-state index in [0.29, 0.717) is 50.1 Å². The van der Waals surface area contributed by atoms with E-state index in [1.54, 1.807) is 25.7 Å². The van der Waals surface area contributed by atoms with Crippen molar-refractivity contribution in [1.82, 2.24) is 4.57 Å². The second-order valence-electron chi connectivity index (χ2n) is 11.5. The van der Waals surface area contributed by atoms with E-state index in [1.807, 2.05) is 97.1 Å². The Hall–Kier alpha value is -5.93. The van der Waals surface area contributed by atoms with Crippen LogP contribution >= 0.6 is 11.3 Å². The molecule has 5 aromatic carbocycles. The fraction of sp³-hybridized carbons (Fsp3) is 0.125. The molecule has 1 aliphatic heterocycles. The Balaban J connectivity index is 1.24. The standard InChI is InChI=1S/C40H33N3O5S/c1-25-36(38(44)42-30-13-5-4-6-14-30)37(28-17-19-31(46-2)20-18-28)43-39(45)35(49-40(43)41-25)23-26-16-21-33(34(22-26)47-3)48-24-29-12-9-11-27-10-7-8-15-32(27)29/h4-23,37H,24H2,1-3H3,(H,42,44)/b35-23+/t37-/m1/s1. The van der Waals surface area contributed by atoms with Gasteiger partial charge in [-0.3, -0.25) is 14.2 Å². The molecule has 6 aromatic rings. The van der Waals surface area contributed by atoms with Gasteiger partial charge in [-0.1, -0.05) is 90.2 Å². The number of anilines is 1. The maximum absolute atomic E-state index is 14.2. The van der Waals surface area contributed by atoms with E-state index in [1.165, 1.54) is 11.3 Å². The maximum Gasteiger partial charge on any atom is 0.271 e. The number of nitrogens with one attached hydrogen (secondary N) is 1. The van der Waals surface area contributed by atoms with Crippen LogP contribution in [0.5, 0.6) is 17.2 Å². The van der Waals surface area contributed by atoms with Crippen LogP contribution in [0.15, 0.2) is 136 Å². The van der Waals surface area contributed by atoms with E-state index < -0.39 is 6.04 Å². The van der Waals surface area contributed by atoms with Crippen molar-refractivity contribution < 1.29 is 19.0 Å². The van der Waals surface area contributed by atoms with Gasteiger partial charge in [-0.25, -0.2) is 4.99 Å². The van der Waals surface area contributed by atoms with Gasteiger partial charge in [-0.05, 0) is 76.9 Å². The van der Waals surface area contributed by atoms with Crippen LogP contribution in [0.25, 0.3) is 16.8 Å². The molecule has 2 heterocycles. The van der Waals surface area contributed by atoms with Gasteiger partial charge in [0, 0.05) is 5.69 Å². The zero-order valence-electron chi connectivity index (χ0n) is 27.2. The van der Waals surface area contributed by atoms with Crippen LogP contribution in [-0.2, 0) is 11.4 Å². The fourth-order valence-electron chi connectivity index (χ4n) is 6.05. The lowest BCUT2D eigenvalue weighted by Gasteiger charge is -2.25. The Morgan fingerprint density at radius 1 is 0.878 bits per heavy atom. The zero-order valence-corrected chi connectivity index (χ0v) is 28.0. The number of benzene rings is 5. The summed E-state index contributed by atoms with van der Waals surface area (Å²) in [5.41, 5.74) is 3.92. The van der Waals surface area contributed by atoms with Gasteiger partial charge >= 0.3 is 0 Å². The normalized spacial score (nSPS) is 14.3. The van der Waals surface area contributed by atoms with Crippen molar-refractivity contribution in [3.63, 3.8) is 0 Å². The van der Waals surface area contributed by atoms with Crippen LogP contribution in [0.2, 0.25) is 0 Å². The SMILES string of the molecule is COc1ccc([C@@H]2C(C(=O)Nc3ccccc3)=C(C)N=c3s/c(=C/c4ccc(OCc5cccc6ccccc56)c(OC)c4)c(=O)n32)cc1. The molecule has 0 fully saturated rings. The lowest BCUT2D eigenvalue weighted by Crippen LogP contribution is -2.40. The molecule has 1 aromatic heterocycles. The number of hydrogen-bond acceptors (Lipinski definition) is 7. The summed E-state index contributed by atoms with van der Waals surface area (Å²) in [6.45, 7) is 2.18. The molecule has 1 atom stereocenters. The summed E-state index contributed by atoms with van der Waals surface area (Å²) in [5, 5.41) is 5.27. The summed E-state index contributed by atoms with van der Waals surface area (Å²) in [6.07, 6.45) is 1.81. The molecule has 49 heavy (non-hydrogen) atoms. The molecule has 1 amide bonds. The van der Waals surface area contributed by atoms with Crippen LogP contribution in [0, 0.1) is 0 Å². The molecule has 0 aliphatic carbocycles. The highest BCUT2D eigenvalue weighted by Gasteiger charge is 2.32. The van der Waals surface area contributed by atoms with Crippen molar-refractivity contribution in [1.29, 1.82) is 0 Å². The van der Waals surface area contributed by atoms with E-state index in [0.717, 1.165) is 27.5 Å². The van der Waals surface area contributed by atoms with E-state index in [9.17, 15) is 9.59 Å². The average molecular weight is 668 g/mol. The van der Waals surface area contributed by atoms with Gasteiger partial charge in [0.2, 0.25) is 0 Å². The smallest absolute Gasteiger partial charge is 0.271 e. The molecule has 0 bridgehead atoms. The number of amides is 1. The van der Waals surface area contributed by atoms with Gasteiger partial charge in [0.1, 0.15) is 12.4 Å². The molecule has 244 valence electrons. The molecule has 1 aliphatic rings. The molecule has 1 N–H and O–H groups in total. The fourth-order valence-corrected chi connectivity index (χ4v) is 7.10. The molecule has 0 saturated heterocycles. The predicted molar refractivity (Wildman–Crippen MR) is 193 cm³/mol. The topological polar surface area (TPSA) is 91.2 Å². The van der Waals surface area contributed by atoms with Gasteiger partial charge in [0.25, 0.3) is 11.5 Å². The van der Waals surface area contributed by atoms with Crippen molar-refractivity contribution in [3.8, 4) is 17.2 Å². The van der Waals surface area contributed by atoms with Crippen molar-refractivity contribution >= 4 is 39.8 Å². The minimum absolute atomic E-state index is 0.252. The number of carbonyl (C=O) groups excluding carboxylic acids is 1. The minimum Gasteiger partial charge on any atom is -0.497 e. The first-order valence-electron chi connectivity index (χ1n) is 15.7. The first-order valence-corrected chi connectivity index (χ1v) is 16.6. The average Bonchev–Trinajstić information content (AvgIpc) is 3.44. The van der Waals surface area contributed by atoms with Crippen molar-refractivity contribution in [2.75, 3.05) is 19.5 Å². The maximum atomic E-state index is 14.2. The second-order valence-corrected chi connectivity index (χ2v) is 12.5. The zero-order chi connectivity index (χ0) is 33.9. The number of carbonyl (C=O) groups is 1. The second kappa shape index (κ2) is 13.7. The molecule has 8 nitrogen and oxygen atoms in total. The van der Waals surface area contributed by atoms with Crippen LogP contribution in [-0.4, -0.2) is 24.7 Å². The summed E-state index contributed by atoms with van der Waals surface area (Å²) in [4.78, 5) is 33.3. The summed E-state index contributed by atoms with van der Waals surface area (Å²) < 4.78 is 19.4. The van der Waals surface area contributed by atoms with E-state index in [2.05, 4.69) is 29.6 Å². The summed E-state index contributed by atoms with van der Waals surface area (Å²) in [7, 11) is 3.19. The lowest BCUT2D eigenvalue weighted by molar-refractivity contribution is -0.113. The molecule has 9 heteroatoms. The van der Waals surface area contributed by atoms with Crippen molar-refractivity contribution in [3.05, 3.63) is 163 Å². The number of methoxy groups -OCH3 is 2. The highest BCUT2D eigenvalue weighted by Crippen LogP contribution is 2.33. The van der Waals surface area contributed by atoms with E-state index in [-0.39, 0.29) is 11.5 Å². The number of thiazole rings is 1. The Kier molecular flexibility index (Phi) is 8.83. The largest absolute Gasteiger partial charge is 0.497 e. The highest BCUT2D eigenvalue weighted by molar-refractivity contribution is 7.07. The van der Waals surface area contributed by atoms with Crippen LogP contribution in [0.1, 0.15) is 29.7 Å². The van der Waals surface area contributed by atoms with Gasteiger partial charge in [-0.2, -0.15) is 0 Å². The molecular formula is C40H33N3O5S. The Bertz CT molecular complexity index is 2390. The number of fused-ring (bicyclic) bond motifs is 2. The van der Waals surface area contributed by atoms with Gasteiger partial charge in [-0.15, -0.1) is 0 Å². The van der Waals surface area contributed by atoms with Gasteiger partial charge < -0.3 is 19.5 Å². The number of para-hydroxylation sites is 1. The van der Waals surface area contributed by atoms with E-state index in [4.69, 9.17) is 19.2 Å². The third kappa shape index (κ3) is 6.36. The number of nitrogens with zero attached hydrogens (tertiary/aromatic N) is 2. The van der Waals surface area contributed by atoms with Crippen LogP contribution in [0.4, 0.5) is 5.69 Å². The minimum atomic E-state index is -0.701. The van der Waals surface area contributed by atoms with Crippen LogP contribution < -0.4 is 34.4 Å². The van der Waals surface area contributed by atoms with Crippen LogP contribution in [0.3, 0.4) is 0 Å². The van der Waals surface area contributed by atoms with Gasteiger partial charge in [0.15, 0.2) is 16.3 Å².